The highest BCUT2D eigenvalue weighted by atomic mass is 16.5. The summed E-state index contributed by atoms with van der Waals surface area (Å²) in [6.45, 7) is 3.20. The first-order valence-electron chi connectivity index (χ1n) is 8.06. The molecule has 0 aromatic heterocycles. The summed E-state index contributed by atoms with van der Waals surface area (Å²) < 4.78 is 5.67. The van der Waals surface area contributed by atoms with Crippen LogP contribution in [0.3, 0.4) is 0 Å². The third kappa shape index (κ3) is 4.24. The van der Waals surface area contributed by atoms with Gasteiger partial charge in [0.25, 0.3) is 0 Å². The summed E-state index contributed by atoms with van der Waals surface area (Å²) in [5, 5.41) is 10.7. The molecule has 1 aliphatic carbocycles. The maximum absolute atomic E-state index is 10.7. The van der Waals surface area contributed by atoms with Crippen molar-refractivity contribution in [2.75, 3.05) is 6.61 Å². The molecule has 0 spiro atoms. The van der Waals surface area contributed by atoms with Crippen LogP contribution in [-0.2, 0) is 4.74 Å². The maximum Gasteiger partial charge on any atom is 0.0648 e. The van der Waals surface area contributed by atoms with Gasteiger partial charge in [-0.05, 0) is 50.9 Å². The lowest BCUT2D eigenvalue weighted by molar-refractivity contribution is -0.00245. The van der Waals surface area contributed by atoms with E-state index in [1.165, 1.54) is 44.9 Å². The van der Waals surface area contributed by atoms with E-state index in [1.807, 2.05) is 0 Å². The first kappa shape index (κ1) is 14.3. The highest BCUT2D eigenvalue weighted by molar-refractivity contribution is 4.84. The van der Waals surface area contributed by atoms with E-state index >= 15 is 0 Å². The van der Waals surface area contributed by atoms with Gasteiger partial charge in [0.1, 0.15) is 0 Å². The molecule has 0 bridgehead atoms. The van der Waals surface area contributed by atoms with Crippen LogP contribution in [0.25, 0.3) is 0 Å². The predicted octanol–water partition coefficient (Wildman–Crippen LogP) is 4.06. The zero-order valence-corrected chi connectivity index (χ0v) is 12.0. The Morgan fingerprint density at radius 2 is 2.00 bits per heavy atom. The number of rotatable bonds is 5. The van der Waals surface area contributed by atoms with Gasteiger partial charge < -0.3 is 9.84 Å². The van der Waals surface area contributed by atoms with Gasteiger partial charge in [0.2, 0.25) is 0 Å². The van der Waals surface area contributed by atoms with Crippen LogP contribution < -0.4 is 0 Å². The normalized spacial score (nSPS) is 37.7. The molecule has 2 nitrogen and oxygen atoms in total. The van der Waals surface area contributed by atoms with Crippen molar-refractivity contribution in [3.63, 3.8) is 0 Å². The molecule has 1 heterocycles. The van der Waals surface area contributed by atoms with Crippen LogP contribution in [0.4, 0.5) is 0 Å². The van der Waals surface area contributed by atoms with E-state index in [4.69, 9.17) is 4.74 Å². The maximum atomic E-state index is 10.7. The van der Waals surface area contributed by atoms with Gasteiger partial charge in [0.05, 0.1) is 11.7 Å². The summed E-state index contributed by atoms with van der Waals surface area (Å²) in [4.78, 5) is 0. The minimum atomic E-state index is -0.381. The minimum absolute atomic E-state index is 0.381. The Morgan fingerprint density at radius 3 is 2.72 bits per heavy atom. The lowest BCUT2D eigenvalue weighted by atomic mass is 9.87. The van der Waals surface area contributed by atoms with Crippen molar-refractivity contribution in [2.24, 2.45) is 5.92 Å². The smallest absolute Gasteiger partial charge is 0.0648 e. The number of hydrogen-bond acceptors (Lipinski definition) is 2. The van der Waals surface area contributed by atoms with E-state index in [0.29, 0.717) is 6.10 Å². The Balaban J connectivity index is 1.75. The zero-order valence-electron chi connectivity index (χ0n) is 12.0. The molecule has 2 heteroatoms. The van der Waals surface area contributed by atoms with Crippen molar-refractivity contribution in [1.29, 1.82) is 0 Å². The SMILES string of the molecule is CCCC1CCCC(O)(CCC2CCCO2)CC1. The first-order valence-corrected chi connectivity index (χ1v) is 8.06. The molecule has 1 saturated heterocycles. The molecule has 1 aliphatic heterocycles. The van der Waals surface area contributed by atoms with Crippen LogP contribution >= 0.6 is 0 Å². The van der Waals surface area contributed by atoms with E-state index in [9.17, 15) is 5.11 Å². The third-order valence-electron chi connectivity index (χ3n) is 4.93. The van der Waals surface area contributed by atoms with Crippen LogP contribution in [0.2, 0.25) is 0 Å². The lowest BCUT2D eigenvalue weighted by Gasteiger charge is -2.28. The van der Waals surface area contributed by atoms with Gasteiger partial charge in [-0.25, -0.2) is 0 Å². The van der Waals surface area contributed by atoms with Crippen molar-refractivity contribution in [1.82, 2.24) is 0 Å². The standard InChI is InChI=1S/C16H30O2/c1-2-5-14-6-3-10-16(17,11-8-14)12-9-15-7-4-13-18-15/h14-15,17H,2-13H2,1H3. The molecule has 0 amide bonds. The molecule has 0 aromatic carbocycles. The number of hydrogen-bond donors (Lipinski definition) is 1. The highest BCUT2D eigenvalue weighted by Gasteiger charge is 2.31. The summed E-state index contributed by atoms with van der Waals surface area (Å²) in [7, 11) is 0. The molecule has 1 N–H and O–H groups in total. The molecule has 1 saturated carbocycles. The van der Waals surface area contributed by atoms with E-state index in [1.54, 1.807) is 0 Å². The van der Waals surface area contributed by atoms with Crippen LogP contribution in [0.15, 0.2) is 0 Å². The van der Waals surface area contributed by atoms with Gasteiger partial charge in [0, 0.05) is 6.61 Å². The van der Waals surface area contributed by atoms with Crippen LogP contribution in [0.5, 0.6) is 0 Å². The fraction of sp³-hybridized carbons (Fsp3) is 1.00. The lowest BCUT2D eigenvalue weighted by Crippen LogP contribution is -2.29. The summed E-state index contributed by atoms with van der Waals surface area (Å²) in [6, 6.07) is 0. The number of aliphatic hydroxyl groups is 1. The molecule has 0 radical (unpaired) electrons. The second kappa shape index (κ2) is 6.91. The summed E-state index contributed by atoms with van der Waals surface area (Å²) in [5.74, 6) is 0.867. The minimum Gasteiger partial charge on any atom is -0.390 e. The van der Waals surface area contributed by atoms with E-state index in [2.05, 4.69) is 6.92 Å². The summed E-state index contributed by atoms with van der Waals surface area (Å²) in [6.07, 6.45) is 13.3. The van der Waals surface area contributed by atoms with Gasteiger partial charge in [-0.2, -0.15) is 0 Å². The second-order valence-corrected chi connectivity index (χ2v) is 6.48. The van der Waals surface area contributed by atoms with E-state index < -0.39 is 0 Å². The zero-order chi connectivity index (χ0) is 12.8. The molecule has 18 heavy (non-hydrogen) atoms. The Labute approximate surface area is 112 Å². The molecule has 106 valence electrons. The van der Waals surface area contributed by atoms with Crippen LogP contribution in [-0.4, -0.2) is 23.4 Å². The van der Waals surface area contributed by atoms with Gasteiger partial charge in [-0.3, -0.25) is 0 Å². The highest BCUT2D eigenvalue weighted by Crippen LogP contribution is 2.36. The van der Waals surface area contributed by atoms with E-state index in [-0.39, 0.29) is 5.60 Å². The average molecular weight is 254 g/mol. The Bertz CT molecular complexity index is 235. The monoisotopic (exact) mass is 254 g/mol. The fourth-order valence-corrected chi connectivity index (χ4v) is 3.71. The Hall–Kier alpha value is -0.0800. The molecule has 3 unspecified atom stereocenters. The van der Waals surface area contributed by atoms with Crippen molar-refractivity contribution >= 4 is 0 Å². The second-order valence-electron chi connectivity index (χ2n) is 6.48. The Morgan fingerprint density at radius 1 is 1.11 bits per heavy atom. The molecular weight excluding hydrogens is 224 g/mol. The molecular formula is C16H30O2. The van der Waals surface area contributed by atoms with E-state index in [0.717, 1.165) is 38.2 Å². The van der Waals surface area contributed by atoms with Gasteiger partial charge in [0.15, 0.2) is 0 Å². The van der Waals surface area contributed by atoms with Gasteiger partial charge in [-0.1, -0.05) is 32.6 Å². The van der Waals surface area contributed by atoms with Crippen molar-refractivity contribution in [3.05, 3.63) is 0 Å². The average Bonchev–Trinajstić information content (AvgIpc) is 2.81. The molecule has 3 atom stereocenters. The molecule has 2 fully saturated rings. The van der Waals surface area contributed by atoms with Crippen molar-refractivity contribution in [3.8, 4) is 0 Å². The van der Waals surface area contributed by atoms with Crippen molar-refractivity contribution < 1.29 is 9.84 Å². The third-order valence-corrected chi connectivity index (χ3v) is 4.93. The predicted molar refractivity (Wildman–Crippen MR) is 74.6 cm³/mol. The van der Waals surface area contributed by atoms with Crippen molar-refractivity contribution in [2.45, 2.75) is 89.3 Å². The van der Waals surface area contributed by atoms with Crippen LogP contribution in [0, 0.1) is 5.92 Å². The molecule has 2 aliphatic rings. The first-order chi connectivity index (χ1) is 8.72. The number of ether oxygens (including phenoxy) is 1. The summed E-state index contributed by atoms with van der Waals surface area (Å²) in [5.41, 5.74) is -0.381. The quantitative estimate of drug-likeness (QED) is 0.750. The van der Waals surface area contributed by atoms with Crippen LogP contribution in [0.1, 0.15) is 77.6 Å². The van der Waals surface area contributed by atoms with Gasteiger partial charge in [-0.15, -0.1) is 0 Å². The fourth-order valence-electron chi connectivity index (χ4n) is 3.71. The molecule has 0 aromatic rings. The summed E-state index contributed by atoms with van der Waals surface area (Å²) >= 11 is 0. The largest absolute Gasteiger partial charge is 0.390 e. The Kier molecular flexibility index (Phi) is 5.50. The molecule has 2 rings (SSSR count). The topological polar surface area (TPSA) is 29.5 Å². The van der Waals surface area contributed by atoms with Gasteiger partial charge >= 0.3 is 0 Å².